The van der Waals surface area contributed by atoms with Crippen molar-refractivity contribution in [2.75, 3.05) is 26.6 Å². The zero-order chi connectivity index (χ0) is 22.7. The summed E-state index contributed by atoms with van der Waals surface area (Å²) >= 11 is 0. The fourth-order valence-electron chi connectivity index (χ4n) is 3.37. The summed E-state index contributed by atoms with van der Waals surface area (Å²) in [6.07, 6.45) is 24.4. The first-order chi connectivity index (χ1) is 15.3. The fraction of sp³-hybridized carbons (Fsp3) is 0.926. The molecule has 0 aliphatic rings. The van der Waals surface area contributed by atoms with E-state index < -0.39 is 0 Å². The van der Waals surface area contributed by atoms with Gasteiger partial charge in [0.2, 0.25) is 0 Å². The third-order valence-corrected chi connectivity index (χ3v) is 5.40. The summed E-state index contributed by atoms with van der Waals surface area (Å²) in [5, 5.41) is 0. The van der Waals surface area contributed by atoms with Gasteiger partial charge in [0.25, 0.3) is 0 Å². The van der Waals surface area contributed by atoms with Crippen LogP contribution in [0.1, 0.15) is 130 Å². The molecule has 0 aliphatic heterocycles. The van der Waals surface area contributed by atoms with Gasteiger partial charge in [0, 0.05) is 13.2 Å². The van der Waals surface area contributed by atoms with Crippen molar-refractivity contribution in [1.82, 2.24) is 0 Å². The molecule has 4 heteroatoms. The van der Waals surface area contributed by atoms with Crippen LogP contribution in [0, 0.1) is 0 Å². The lowest BCUT2D eigenvalue weighted by atomic mass is 10.1. The van der Waals surface area contributed by atoms with E-state index in [1.54, 1.807) is 6.26 Å². The first kappa shape index (κ1) is 30.4. The molecule has 0 fully saturated rings. The smallest absolute Gasteiger partial charge is 0.188 e. The van der Waals surface area contributed by atoms with E-state index in [1.807, 2.05) is 0 Å². The van der Waals surface area contributed by atoms with Crippen LogP contribution in [-0.4, -0.2) is 32.9 Å². The molecule has 186 valence electrons. The van der Waals surface area contributed by atoms with Crippen LogP contribution < -0.4 is 0 Å². The number of allylic oxidation sites excluding steroid dienone is 1. The van der Waals surface area contributed by atoms with Gasteiger partial charge in [-0.2, -0.15) is 0 Å². The summed E-state index contributed by atoms with van der Waals surface area (Å²) in [7, 11) is 0. The van der Waals surface area contributed by atoms with E-state index in [4.69, 9.17) is 18.9 Å². The van der Waals surface area contributed by atoms with Gasteiger partial charge in [-0.05, 0) is 51.0 Å². The van der Waals surface area contributed by atoms with Crippen molar-refractivity contribution in [3.63, 3.8) is 0 Å². The molecule has 4 nitrogen and oxygen atoms in total. The van der Waals surface area contributed by atoms with Gasteiger partial charge < -0.3 is 18.9 Å². The number of ether oxygens (including phenoxy) is 4. The van der Waals surface area contributed by atoms with Crippen molar-refractivity contribution in [3.8, 4) is 0 Å². The van der Waals surface area contributed by atoms with Gasteiger partial charge in [0.1, 0.15) is 0 Å². The Morgan fingerprint density at radius 3 is 1.74 bits per heavy atom. The Morgan fingerprint density at radius 2 is 1.13 bits per heavy atom. The molecule has 0 aromatic carbocycles. The second-order valence-corrected chi connectivity index (χ2v) is 8.56. The van der Waals surface area contributed by atoms with Crippen molar-refractivity contribution in [3.05, 3.63) is 12.3 Å². The Kier molecular flexibility index (Phi) is 26.9. The van der Waals surface area contributed by atoms with Crippen LogP contribution in [-0.2, 0) is 18.9 Å². The zero-order valence-corrected chi connectivity index (χ0v) is 21.2. The van der Waals surface area contributed by atoms with Crippen molar-refractivity contribution < 1.29 is 18.9 Å². The van der Waals surface area contributed by atoms with Gasteiger partial charge in [0.05, 0.1) is 12.9 Å². The molecule has 0 spiro atoms. The number of rotatable bonds is 26. The summed E-state index contributed by atoms with van der Waals surface area (Å²) in [4.78, 5) is 0. The van der Waals surface area contributed by atoms with Crippen molar-refractivity contribution in [2.24, 2.45) is 0 Å². The highest BCUT2D eigenvalue weighted by molar-refractivity contribution is 4.72. The summed E-state index contributed by atoms with van der Waals surface area (Å²) in [5.74, 6) is 0. The van der Waals surface area contributed by atoms with Crippen LogP contribution in [0.5, 0.6) is 0 Å². The second kappa shape index (κ2) is 27.5. The van der Waals surface area contributed by atoms with Gasteiger partial charge in [-0.15, -0.1) is 0 Å². The van der Waals surface area contributed by atoms with E-state index in [0.29, 0.717) is 6.79 Å². The number of unbranched alkanes of at least 4 members (excludes halogenated alkanes) is 12. The largest absolute Gasteiger partial charge is 0.475 e. The predicted molar refractivity (Wildman–Crippen MR) is 132 cm³/mol. The Morgan fingerprint density at radius 1 is 0.581 bits per heavy atom. The van der Waals surface area contributed by atoms with Crippen molar-refractivity contribution in [1.29, 1.82) is 0 Å². The van der Waals surface area contributed by atoms with E-state index in [1.165, 1.54) is 64.2 Å². The lowest BCUT2D eigenvalue weighted by Gasteiger charge is -2.19. The van der Waals surface area contributed by atoms with E-state index in [0.717, 1.165) is 64.8 Å². The van der Waals surface area contributed by atoms with Crippen LogP contribution >= 0.6 is 0 Å². The average Bonchev–Trinajstić information content (AvgIpc) is 2.78. The highest BCUT2D eigenvalue weighted by atomic mass is 16.7. The highest BCUT2D eigenvalue weighted by Crippen LogP contribution is 2.12. The van der Waals surface area contributed by atoms with Crippen molar-refractivity contribution >= 4 is 0 Å². The van der Waals surface area contributed by atoms with Crippen LogP contribution in [0.2, 0.25) is 0 Å². The predicted octanol–water partition coefficient (Wildman–Crippen LogP) is 8.54. The summed E-state index contributed by atoms with van der Waals surface area (Å²) in [5.41, 5.74) is 0. The number of hydrogen-bond acceptors (Lipinski definition) is 4. The minimum absolute atomic E-state index is 0.0332. The minimum Gasteiger partial charge on any atom is -0.475 e. The summed E-state index contributed by atoms with van der Waals surface area (Å²) in [6.45, 7) is 9.52. The molecule has 0 aliphatic carbocycles. The third kappa shape index (κ3) is 25.6. The molecule has 0 heterocycles. The van der Waals surface area contributed by atoms with Crippen molar-refractivity contribution in [2.45, 2.75) is 136 Å². The average molecular weight is 443 g/mol. The van der Waals surface area contributed by atoms with E-state index >= 15 is 0 Å². The molecule has 0 aromatic heterocycles. The molecule has 0 amide bonds. The molecule has 0 radical (unpaired) electrons. The lowest BCUT2D eigenvalue weighted by Crippen LogP contribution is -2.19. The maximum absolute atomic E-state index is 6.07. The third-order valence-electron chi connectivity index (χ3n) is 5.40. The van der Waals surface area contributed by atoms with E-state index in [-0.39, 0.29) is 6.29 Å². The molecular weight excluding hydrogens is 388 g/mol. The number of hydrogen-bond donors (Lipinski definition) is 0. The van der Waals surface area contributed by atoms with E-state index in [9.17, 15) is 0 Å². The van der Waals surface area contributed by atoms with Crippen LogP contribution in [0.25, 0.3) is 0 Å². The van der Waals surface area contributed by atoms with Gasteiger partial charge in [-0.25, -0.2) is 0 Å². The standard InChI is InChI=1S/C27H54O4/c1-4-7-10-13-19-24-30-27(31-25-20-14-11-8-5-2)21-16-12-15-18-23-29-26-28-22-17-9-6-3/h18,23,27H,4-17,19-22,24-26H2,1-3H3. The monoisotopic (exact) mass is 442 g/mol. The second-order valence-electron chi connectivity index (χ2n) is 8.56. The first-order valence-electron chi connectivity index (χ1n) is 13.4. The normalized spacial score (nSPS) is 11.7. The maximum Gasteiger partial charge on any atom is 0.188 e. The lowest BCUT2D eigenvalue weighted by molar-refractivity contribution is -0.148. The van der Waals surface area contributed by atoms with E-state index in [2.05, 4.69) is 26.8 Å². The quantitative estimate of drug-likeness (QED) is 0.0764. The Balaban J connectivity index is 3.80. The fourth-order valence-corrected chi connectivity index (χ4v) is 3.37. The molecule has 0 aromatic rings. The van der Waals surface area contributed by atoms with Gasteiger partial charge >= 0.3 is 0 Å². The SMILES string of the molecule is CCCCCCCOC(CCCCC=COCOCCCCC)OCCCCCCC. The molecule has 0 atom stereocenters. The molecule has 0 N–H and O–H groups in total. The highest BCUT2D eigenvalue weighted by Gasteiger charge is 2.09. The maximum atomic E-state index is 6.07. The van der Waals surface area contributed by atoms with Gasteiger partial charge in [-0.1, -0.05) is 85.0 Å². The molecule has 0 unspecified atom stereocenters. The molecule has 31 heavy (non-hydrogen) atoms. The Bertz CT molecular complexity index is 330. The molecule has 0 saturated heterocycles. The van der Waals surface area contributed by atoms with Crippen LogP contribution in [0.15, 0.2) is 12.3 Å². The Hall–Kier alpha value is -0.580. The topological polar surface area (TPSA) is 36.9 Å². The zero-order valence-electron chi connectivity index (χ0n) is 21.2. The minimum atomic E-state index is -0.0332. The van der Waals surface area contributed by atoms with Gasteiger partial charge in [0.15, 0.2) is 13.1 Å². The van der Waals surface area contributed by atoms with Gasteiger partial charge in [-0.3, -0.25) is 0 Å². The first-order valence-corrected chi connectivity index (χ1v) is 13.4. The Labute approximate surface area is 194 Å². The van der Waals surface area contributed by atoms with Crippen LogP contribution in [0.3, 0.4) is 0 Å². The molecule has 0 bridgehead atoms. The van der Waals surface area contributed by atoms with Crippen LogP contribution in [0.4, 0.5) is 0 Å². The molecule has 0 rings (SSSR count). The molecule has 0 saturated carbocycles. The molecular formula is C27H54O4. The summed E-state index contributed by atoms with van der Waals surface area (Å²) < 4.78 is 22.9. The summed E-state index contributed by atoms with van der Waals surface area (Å²) in [6, 6.07) is 0.